The largest absolute Gasteiger partial charge is 0.457 e. The molecule has 6 heteroatoms. The van der Waals surface area contributed by atoms with Gasteiger partial charge in [-0.15, -0.1) is 0 Å². The number of carbonyl (C=O) groups excluding carboxylic acids is 1. The minimum absolute atomic E-state index is 0.0385. The van der Waals surface area contributed by atoms with E-state index in [2.05, 4.69) is 0 Å². The molecule has 4 atom stereocenters. The highest BCUT2D eigenvalue weighted by Crippen LogP contribution is 2.35. The number of epoxide rings is 1. The second-order valence-corrected chi connectivity index (χ2v) is 6.30. The van der Waals surface area contributed by atoms with Crippen LogP contribution in [0.1, 0.15) is 40.0 Å². The molecule has 0 aromatic heterocycles. The zero-order valence-electron chi connectivity index (χ0n) is 12.8. The molecule has 1 N–H and O–H groups in total. The molecular weight excluding hydrogens is 276 g/mol. The van der Waals surface area contributed by atoms with Crippen LogP contribution in [0.2, 0.25) is 0 Å². The smallest absolute Gasteiger partial charge is 0.330 e. The first-order valence-corrected chi connectivity index (χ1v) is 7.35. The Morgan fingerprint density at radius 1 is 1.38 bits per heavy atom. The summed E-state index contributed by atoms with van der Waals surface area (Å²) >= 11 is 0. The number of allylic oxidation sites excluding steroid dienone is 1. The van der Waals surface area contributed by atoms with Crippen molar-refractivity contribution in [3.05, 3.63) is 12.2 Å². The molecule has 0 spiro atoms. The molecule has 0 amide bonds. The van der Waals surface area contributed by atoms with Gasteiger partial charge in [-0.05, 0) is 33.6 Å². The van der Waals surface area contributed by atoms with Crippen LogP contribution in [0.5, 0.6) is 0 Å². The van der Waals surface area contributed by atoms with Gasteiger partial charge in [0.2, 0.25) is 0 Å². The van der Waals surface area contributed by atoms with Crippen molar-refractivity contribution < 1.29 is 28.8 Å². The van der Waals surface area contributed by atoms with Crippen molar-refractivity contribution >= 4 is 5.97 Å². The van der Waals surface area contributed by atoms with Crippen LogP contribution in [0.25, 0.3) is 0 Å². The van der Waals surface area contributed by atoms with Crippen LogP contribution in [0.4, 0.5) is 0 Å². The van der Waals surface area contributed by atoms with E-state index in [1.165, 1.54) is 6.08 Å². The Kier molecular flexibility index (Phi) is 5.37. The van der Waals surface area contributed by atoms with Gasteiger partial charge < -0.3 is 24.1 Å². The summed E-state index contributed by atoms with van der Waals surface area (Å²) in [5.41, 5.74) is -0.471. The average Bonchev–Trinajstić information content (AvgIpc) is 3.09. The van der Waals surface area contributed by atoms with E-state index in [-0.39, 0.29) is 18.4 Å². The Hall–Kier alpha value is -0.950. The Labute approximate surface area is 125 Å². The lowest BCUT2D eigenvalue weighted by Gasteiger charge is -2.25. The highest BCUT2D eigenvalue weighted by molar-refractivity contribution is 5.82. The molecule has 6 nitrogen and oxygen atoms in total. The van der Waals surface area contributed by atoms with Crippen molar-refractivity contribution in [3.8, 4) is 0 Å². The van der Waals surface area contributed by atoms with Crippen molar-refractivity contribution in [2.75, 3.05) is 6.61 Å². The molecule has 0 aromatic rings. The maximum atomic E-state index is 11.4. The molecule has 2 saturated heterocycles. The van der Waals surface area contributed by atoms with Crippen LogP contribution in [-0.2, 0) is 23.7 Å². The van der Waals surface area contributed by atoms with Crippen molar-refractivity contribution in [3.63, 3.8) is 0 Å². The van der Waals surface area contributed by atoms with Crippen LogP contribution < -0.4 is 0 Å². The van der Waals surface area contributed by atoms with Gasteiger partial charge in [-0.2, -0.15) is 0 Å². The minimum atomic E-state index is -0.633. The van der Waals surface area contributed by atoms with Gasteiger partial charge in [0.1, 0.15) is 17.8 Å². The summed E-state index contributed by atoms with van der Waals surface area (Å²) < 4.78 is 21.2. The van der Waals surface area contributed by atoms with Crippen molar-refractivity contribution in [1.82, 2.24) is 0 Å². The highest BCUT2D eigenvalue weighted by Gasteiger charge is 2.49. The first-order valence-electron chi connectivity index (χ1n) is 7.35. The third kappa shape index (κ3) is 5.74. The van der Waals surface area contributed by atoms with Crippen LogP contribution in [0, 0.1) is 0 Å². The van der Waals surface area contributed by atoms with Crippen LogP contribution >= 0.6 is 0 Å². The molecule has 0 bridgehead atoms. The topological polar surface area (TPSA) is 77.5 Å². The number of fused-ring (bicyclic) bond motifs is 1. The number of esters is 1. The number of carbonyl (C=O) groups is 1. The van der Waals surface area contributed by atoms with Gasteiger partial charge in [0, 0.05) is 12.5 Å². The number of unbranched alkanes of at least 4 members (excludes halogenated alkanes) is 1. The van der Waals surface area contributed by atoms with Crippen molar-refractivity contribution in [2.45, 2.75) is 70.4 Å². The van der Waals surface area contributed by atoms with Crippen molar-refractivity contribution in [2.24, 2.45) is 0 Å². The zero-order valence-corrected chi connectivity index (χ0v) is 12.8. The van der Waals surface area contributed by atoms with E-state index in [0.717, 1.165) is 6.42 Å². The third-order valence-electron chi connectivity index (χ3n) is 3.05. The summed E-state index contributed by atoms with van der Waals surface area (Å²) in [6.45, 7) is 5.94. The molecule has 0 radical (unpaired) electrons. The third-order valence-corrected chi connectivity index (χ3v) is 3.05. The standard InChI is InChI=1S/C15H24O6/c1-15(2,3)21-12(17)7-5-4-6-8-18-13-10(16)9-11-14(19-11)20-13/h5,7,10-11,13-14,16H,4,6,8-9H2,1-3H3/b7-5+. The van der Waals surface area contributed by atoms with Crippen LogP contribution in [0.3, 0.4) is 0 Å². The van der Waals surface area contributed by atoms with Gasteiger partial charge in [0.25, 0.3) is 0 Å². The van der Waals surface area contributed by atoms with Gasteiger partial charge in [-0.3, -0.25) is 0 Å². The number of rotatable bonds is 6. The number of aliphatic hydroxyl groups excluding tert-OH is 1. The first-order chi connectivity index (χ1) is 9.85. The van der Waals surface area contributed by atoms with E-state index in [1.807, 2.05) is 20.8 Å². The Bertz CT molecular complexity index is 386. The van der Waals surface area contributed by atoms with Crippen molar-refractivity contribution in [1.29, 1.82) is 0 Å². The van der Waals surface area contributed by atoms with Gasteiger partial charge in [0.15, 0.2) is 12.6 Å². The summed E-state index contributed by atoms with van der Waals surface area (Å²) in [5.74, 6) is -0.341. The molecule has 21 heavy (non-hydrogen) atoms. The quantitative estimate of drug-likeness (QED) is 0.347. The molecule has 2 fully saturated rings. The summed E-state index contributed by atoms with van der Waals surface area (Å²) in [6, 6.07) is 0. The average molecular weight is 300 g/mol. The Morgan fingerprint density at radius 3 is 2.86 bits per heavy atom. The highest BCUT2D eigenvalue weighted by atomic mass is 16.8. The maximum Gasteiger partial charge on any atom is 0.330 e. The van der Waals surface area contributed by atoms with E-state index in [0.29, 0.717) is 19.4 Å². The fourth-order valence-corrected chi connectivity index (χ4v) is 2.05. The molecule has 0 saturated carbocycles. The Balaban J connectivity index is 1.54. The number of aliphatic hydroxyl groups is 1. The van der Waals surface area contributed by atoms with E-state index >= 15 is 0 Å². The summed E-state index contributed by atoms with van der Waals surface area (Å²) in [5, 5.41) is 9.74. The summed E-state index contributed by atoms with van der Waals surface area (Å²) in [7, 11) is 0. The van der Waals surface area contributed by atoms with Gasteiger partial charge in [-0.25, -0.2) is 4.79 Å². The lowest BCUT2D eigenvalue weighted by molar-refractivity contribution is -0.222. The summed E-state index contributed by atoms with van der Waals surface area (Å²) in [6.07, 6.45) is 3.78. The molecule has 2 aliphatic rings. The Morgan fingerprint density at radius 2 is 2.14 bits per heavy atom. The minimum Gasteiger partial charge on any atom is -0.457 e. The predicted octanol–water partition coefficient (Wildman–Crippen LogP) is 1.51. The monoisotopic (exact) mass is 300 g/mol. The predicted molar refractivity (Wildman–Crippen MR) is 74.3 cm³/mol. The second-order valence-electron chi connectivity index (χ2n) is 6.30. The SMILES string of the molecule is CC(C)(C)OC(=O)/C=C/CCCOC1OC2OC2CC1O. The van der Waals surface area contributed by atoms with E-state index in [9.17, 15) is 9.90 Å². The lowest BCUT2D eigenvalue weighted by atomic mass is 10.1. The molecule has 2 heterocycles. The number of hydrogen-bond donors (Lipinski definition) is 1. The van der Waals surface area contributed by atoms with E-state index in [4.69, 9.17) is 18.9 Å². The molecule has 0 aliphatic carbocycles. The molecule has 4 unspecified atom stereocenters. The molecular formula is C15H24O6. The lowest BCUT2D eigenvalue weighted by Crippen LogP contribution is -2.38. The van der Waals surface area contributed by atoms with Gasteiger partial charge >= 0.3 is 5.97 Å². The van der Waals surface area contributed by atoms with Gasteiger partial charge in [0.05, 0.1) is 6.61 Å². The molecule has 0 aromatic carbocycles. The fraction of sp³-hybridized carbons (Fsp3) is 0.800. The maximum absolute atomic E-state index is 11.4. The first kappa shape index (κ1) is 16.4. The molecule has 2 rings (SSSR count). The molecule has 2 aliphatic heterocycles. The van der Waals surface area contributed by atoms with Crippen LogP contribution in [-0.4, -0.2) is 48.1 Å². The second kappa shape index (κ2) is 6.87. The summed E-state index contributed by atoms with van der Waals surface area (Å²) in [4.78, 5) is 11.4. The number of ether oxygens (including phenoxy) is 4. The van der Waals surface area contributed by atoms with Gasteiger partial charge in [-0.1, -0.05) is 6.08 Å². The fourth-order valence-electron chi connectivity index (χ4n) is 2.05. The van der Waals surface area contributed by atoms with E-state index in [1.54, 1.807) is 6.08 Å². The van der Waals surface area contributed by atoms with E-state index < -0.39 is 18.0 Å². The van der Waals surface area contributed by atoms with Crippen LogP contribution in [0.15, 0.2) is 12.2 Å². The number of hydrogen-bond acceptors (Lipinski definition) is 6. The zero-order chi connectivity index (χ0) is 15.5. The normalized spacial score (nSPS) is 32.0. The molecule has 120 valence electrons.